The molecule has 1 saturated heterocycles. The van der Waals surface area contributed by atoms with Crippen molar-refractivity contribution in [2.75, 3.05) is 6.54 Å². The Balaban J connectivity index is 2.84. The summed E-state index contributed by atoms with van der Waals surface area (Å²) in [6, 6.07) is 0. The topological polar surface area (TPSA) is 63.4 Å². The van der Waals surface area contributed by atoms with E-state index < -0.39 is 11.4 Å². The van der Waals surface area contributed by atoms with Crippen molar-refractivity contribution in [3.63, 3.8) is 0 Å². The fraction of sp³-hybridized carbons (Fsp3) is 0.750. The quantitative estimate of drug-likeness (QED) is 0.713. The summed E-state index contributed by atoms with van der Waals surface area (Å²) in [5.41, 5.74) is 4.33. The molecule has 1 atom stereocenters. The Hall–Kier alpha value is -0.580. The second-order valence-electron chi connectivity index (χ2n) is 3.67. The summed E-state index contributed by atoms with van der Waals surface area (Å²) in [6.45, 7) is 3.92. The minimum atomic E-state index is -0.875. The van der Waals surface area contributed by atoms with Gasteiger partial charge in [0.2, 0.25) is 11.8 Å². The fourth-order valence-electron chi connectivity index (χ4n) is 1.33. The first-order valence-electron chi connectivity index (χ1n) is 4.13. The SMILES string of the molecule is CC(C)(C(N)=O)N1CCC(Br)C1=O. The van der Waals surface area contributed by atoms with E-state index in [9.17, 15) is 9.59 Å². The van der Waals surface area contributed by atoms with Gasteiger partial charge in [0.1, 0.15) is 5.54 Å². The first kappa shape index (κ1) is 10.5. The summed E-state index contributed by atoms with van der Waals surface area (Å²) in [4.78, 5) is 24.0. The van der Waals surface area contributed by atoms with Gasteiger partial charge < -0.3 is 10.6 Å². The van der Waals surface area contributed by atoms with E-state index in [-0.39, 0.29) is 10.7 Å². The standard InChI is InChI=1S/C8H13BrN2O2/c1-8(2,7(10)13)11-4-3-5(9)6(11)12/h5H,3-4H2,1-2H3,(H2,10,13). The lowest BCUT2D eigenvalue weighted by molar-refractivity contribution is -0.140. The molecule has 2 amide bonds. The number of halogens is 1. The van der Waals surface area contributed by atoms with Gasteiger partial charge in [0.25, 0.3) is 0 Å². The second kappa shape index (κ2) is 3.29. The van der Waals surface area contributed by atoms with Crippen molar-refractivity contribution in [1.29, 1.82) is 0 Å². The third-order valence-corrected chi connectivity index (χ3v) is 3.27. The van der Waals surface area contributed by atoms with Crippen LogP contribution in [0.5, 0.6) is 0 Å². The Labute approximate surface area is 85.6 Å². The van der Waals surface area contributed by atoms with Gasteiger partial charge in [0.05, 0.1) is 4.83 Å². The van der Waals surface area contributed by atoms with Crippen LogP contribution in [0.3, 0.4) is 0 Å². The van der Waals surface area contributed by atoms with Gasteiger partial charge in [-0.05, 0) is 20.3 Å². The molecule has 0 radical (unpaired) electrons. The number of amides is 2. The van der Waals surface area contributed by atoms with Gasteiger partial charge in [0, 0.05) is 6.54 Å². The molecule has 0 aromatic heterocycles. The first-order valence-corrected chi connectivity index (χ1v) is 5.04. The molecule has 0 aromatic rings. The highest BCUT2D eigenvalue weighted by Gasteiger charge is 2.42. The van der Waals surface area contributed by atoms with Crippen LogP contribution < -0.4 is 5.73 Å². The maximum absolute atomic E-state index is 11.5. The van der Waals surface area contributed by atoms with E-state index in [1.54, 1.807) is 13.8 Å². The largest absolute Gasteiger partial charge is 0.368 e. The number of nitrogens with two attached hydrogens (primary N) is 1. The molecule has 13 heavy (non-hydrogen) atoms. The zero-order valence-corrected chi connectivity index (χ0v) is 9.30. The number of nitrogens with zero attached hydrogens (tertiary/aromatic N) is 1. The summed E-state index contributed by atoms with van der Waals surface area (Å²) >= 11 is 3.24. The van der Waals surface area contributed by atoms with Crippen molar-refractivity contribution in [2.24, 2.45) is 5.73 Å². The molecule has 5 heteroatoms. The maximum Gasteiger partial charge on any atom is 0.242 e. The average molecular weight is 249 g/mol. The molecule has 1 fully saturated rings. The van der Waals surface area contributed by atoms with Crippen LogP contribution in [-0.2, 0) is 9.59 Å². The number of carbonyl (C=O) groups is 2. The number of primary amides is 1. The molecule has 0 saturated carbocycles. The molecule has 0 aromatic carbocycles. The van der Waals surface area contributed by atoms with Crippen LogP contribution in [0.25, 0.3) is 0 Å². The zero-order chi connectivity index (χ0) is 10.2. The Bertz CT molecular complexity index is 253. The number of carbonyl (C=O) groups excluding carboxylic acids is 2. The van der Waals surface area contributed by atoms with E-state index >= 15 is 0 Å². The molecular formula is C8H13BrN2O2. The predicted octanol–water partition coefficient (Wildman–Crippen LogP) is 0.246. The number of hydrogen-bond acceptors (Lipinski definition) is 2. The van der Waals surface area contributed by atoms with Crippen LogP contribution >= 0.6 is 15.9 Å². The Morgan fingerprint density at radius 2 is 2.23 bits per heavy atom. The molecule has 0 bridgehead atoms. The molecular weight excluding hydrogens is 236 g/mol. The molecule has 1 aliphatic rings. The number of rotatable bonds is 2. The first-order chi connectivity index (χ1) is 5.87. The lowest BCUT2D eigenvalue weighted by atomic mass is 10.0. The molecule has 0 aliphatic carbocycles. The van der Waals surface area contributed by atoms with Gasteiger partial charge in [-0.2, -0.15) is 0 Å². The Kier molecular flexibility index (Phi) is 2.66. The zero-order valence-electron chi connectivity index (χ0n) is 7.71. The number of likely N-dealkylation sites (tertiary alicyclic amines) is 1. The summed E-state index contributed by atoms with van der Waals surface area (Å²) < 4.78 is 0. The average Bonchev–Trinajstić information content (AvgIpc) is 2.33. The molecule has 1 heterocycles. The normalized spacial score (nSPS) is 23.8. The predicted molar refractivity (Wildman–Crippen MR) is 52.3 cm³/mol. The molecule has 4 nitrogen and oxygen atoms in total. The van der Waals surface area contributed by atoms with Crippen molar-refractivity contribution in [1.82, 2.24) is 4.90 Å². The minimum Gasteiger partial charge on any atom is -0.368 e. The van der Waals surface area contributed by atoms with Crippen LogP contribution in [0.1, 0.15) is 20.3 Å². The fourth-order valence-corrected chi connectivity index (χ4v) is 1.79. The highest BCUT2D eigenvalue weighted by molar-refractivity contribution is 9.10. The van der Waals surface area contributed by atoms with E-state index in [0.29, 0.717) is 6.54 Å². The van der Waals surface area contributed by atoms with Crippen LogP contribution in [0, 0.1) is 0 Å². The van der Waals surface area contributed by atoms with E-state index in [1.807, 2.05) is 0 Å². The van der Waals surface area contributed by atoms with E-state index in [4.69, 9.17) is 5.73 Å². The van der Waals surface area contributed by atoms with Gasteiger partial charge in [-0.1, -0.05) is 15.9 Å². The number of alkyl halides is 1. The summed E-state index contributed by atoms with van der Waals surface area (Å²) in [5.74, 6) is -0.522. The summed E-state index contributed by atoms with van der Waals surface area (Å²) in [6.07, 6.45) is 0.732. The second-order valence-corrected chi connectivity index (χ2v) is 4.77. The summed E-state index contributed by atoms with van der Waals surface area (Å²) in [5, 5.41) is 0. The van der Waals surface area contributed by atoms with Gasteiger partial charge in [-0.25, -0.2) is 0 Å². The van der Waals surface area contributed by atoms with E-state index in [1.165, 1.54) is 4.90 Å². The minimum absolute atomic E-state index is 0.0520. The Morgan fingerprint density at radius 1 is 1.69 bits per heavy atom. The highest BCUT2D eigenvalue weighted by Crippen LogP contribution is 2.25. The van der Waals surface area contributed by atoms with Crippen LogP contribution in [0.15, 0.2) is 0 Å². The number of hydrogen-bond donors (Lipinski definition) is 1. The van der Waals surface area contributed by atoms with E-state index in [0.717, 1.165) is 6.42 Å². The van der Waals surface area contributed by atoms with Crippen molar-refractivity contribution in [3.8, 4) is 0 Å². The monoisotopic (exact) mass is 248 g/mol. The molecule has 1 aliphatic heterocycles. The molecule has 74 valence electrons. The van der Waals surface area contributed by atoms with Gasteiger partial charge in [-0.3, -0.25) is 9.59 Å². The van der Waals surface area contributed by atoms with E-state index in [2.05, 4.69) is 15.9 Å². The smallest absolute Gasteiger partial charge is 0.242 e. The third kappa shape index (κ3) is 1.70. The lowest BCUT2D eigenvalue weighted by Crippen LogP contribution is -2.54. The molecule has 1 unspecified atom stereocenters. The van der Waals surface area contributed by atoms with Crippen LogP contribution in [0.4, 0.5) is 0 Å². The van der Waals surface area contributed by atoms with Gasteiger partial charge in [0.15, 0.2) is 0 Å². The van der Waals surface area contributed by atoms with Crippen molar-refractivity contribution < 1.29 is 9.59 Å². The summed E-state index contributed by atoms with van der Waals surface area (Å²) in [7, 11) is 0. The van der Waals surface area contributed by atoms with Crippen LogP contribution in [-0.4, -0.2) is 33.6 Å². The molecule has 0 spiro atoms. The van der Waals surface area contributed by atoms with Crippen molar-refractivity contribution >= 4 is 27.7 Å². The van der Waals surface area contributed by atoms with Gasteiger partial charge >= 0.3 is 0 Å². The molecule has 1 rings (SSSR count). The molecule has 2 N–H and O–H groups in total. The highest BCUT2D eigenvalue weighted by atomic mass is 79.9. The Morgan fingerprint density at radius 3 is 2.54 bits per heavy atom. The van der Waals surface area contributed by atoms with Crippen molar-refractivity contribution in [2.45, 2.75) is 30.6 Å². The third-order valence-electron chi connectivity index (χ3n) is 2.42. The van der Waals surface area contributed by atoms with Crippen molar-refractivity contribution in [3.05, 3.63) is 0 Å². The van der Waals surface area contributed by atoms with Gasteiger partial charge in [-0.15, -0.1) is 0 Å². The van der Waals surface area contributed by atoms with Crippen LogP contribution in [0.2, 0.25) is 0 Å². The maximum atomic E-state index is 11.5. The lowest BCUT2D eigenvalue weighted by Gasteiger charge is -2.32.